The normalized spacial score (nSPS) is 17.9. The minimum atomic E-state index is -0.743. The molecule has 2 aromatic carbocycles. The van der Waals surface area contributed by atoms with Gasteiger partial charge in [-0.05, 0) is 41.3 Å². The van der Waals surface area contributed by atoms with Crippen LogP contribution in [-0.4, -0.2) is 28.8 Å². The van der Waals surface area contributed by atoms with Gasteiger partial charge in [-0.25, -0.2) is 0 Å². The van der Waals surface area contributed by atoms with Crippen LogP contribution < -0.4 is 4.74 Å². The molecule has 32 heavy (non-hydrogen) atoms. The highest BCUT2D eigenvalue weighted by Gasteiger charge is 2.46. The second-order valence-electron chi connectivity index (χ2n) is 8.06. The van der Waals surface area contributed by atoms with Crippen molar-refractivity contribution < 1.29 is 23.8 Å². The Labute approximate surface area is 186 Å². The van der Waals surface area contributed by atoms with Crippen molar-refractivity contribution in [2.24, 2.45) is 0 Å². The lowest BCUT2D eigenvalue weighted by atomic mass is 9.93. The van der Waals surface area contributed by atoms with Gasteiger partial charge >= 0.3 is 0 Å². The molecular weight excluding hydrogens is 406 g/mol. The zero-order chi connectivity index (χ0) is 22.8. The van der Waals surface area contributed by atoms with Gasteiger partial charge in [-0.1, -0.05) is 50.2 Å². The van der Waals surface area contributed by atoms with Crippen molar-refractivity contribution in [2.75, 3.05) is 7.11 Å². The third kappa shape index (κ3) is 3.91. The summed E-state index contributed by atoms with van der Waals surface area (Å²) in [6, 6.07) is 17.3. The van der Waals surface area contributed by atoms with E-state index < -0.39 is 17.7 Å². The van der Waals surface area contributed by atoms with Crippen LogP contribution in [0, 0.1) is 0 Å². The number of benzene rings is 2. The summed E-state index contributed by atoms with van der Waals surface area (Å²) in [6.07, 6.45) is 1.52. The molecule has 0 radical (unpaired) electrons. The lowest BCUT2D eigenvalue weighted by molar-refractivity contribution is -0.140. The summed E-state index contributed by atoms with van der Waals surface area (Å²) in [6.45, 7) is 4.31. The van der Waals surface area contributed by atoms with Gasteiger partial charge in [0.2, 0.25) is 0 Å². The maximum absolute atomic E-state index is 13.1. The van der Waals surface area contributed by atoms with E-state index in [-0.39, 0.29) is 17.9 Å². The quantitative estimate of drug-likeness (QED) is 0.336. The fraction of sp³-hybridized carbons (Fsp3) is 0.231. The number of rotatable bonds is 6. The van der Waals surface area contributed by atoms with Crippen LogP contribution in [0.3, 0.4) is 0 Å². The molecule has 0 bridgehead atoms. The zero-order valence-electron chi connectivity index (χ0n) is 18.2. The van der Waals surface area contributed by atoms with E-state index in [4.69, 9.17) is 9.15 Å². The van der Waals surface area contributed by atoms with E-state index in [9.17, 15) is 14.7 Å². The highest BCUT2D eigenvalue weighted by atomic mass is 16.5. The molecule has 2 heterocycles. The summed E-state index contributed by atoms with van der Waals surface area (Å²) in [5.41, 5.74) is 2.34. The maximum Gasteiger partial charge on any atom is 0.296 e. The lowest BCUT2D eigenvalue weighted by Gasteiger charge is -2.25. The van der Waals surface area contributed by atoms with Crippen LogP contribution in [0.4, 0.5) is 0 Å². The summed E-state index contributed by atoms with van der Waals surface area (Å²) in [4.78, 5) is 27.6. The molecule has 1 fully saturated rings. The molecule has 164 valence electrons. The fourth-order valence-electron chi connectivity index (χ4n) is 3.95. The van der Waals surface area contributed by atoms with Crippen LogP contribution >= 0.6 is 0 Å². The SMILES string of the molecule is COc1cccc(/C(O)=C2\C(=O)C(=O)N(Cc3ccco3)C2c2ccc(C(C)C)cc2)c1. The van der Waals surface area contributed by atoms with Crippen LogP contribution in [0.2, 0.25) is 0 Å². The molecule has 4 rings (SSSR count). The molecule has 0 spiro atoms. The maximum atomic E-state index is 13.1. The Hall–Kier alpha value is -3.80. The van der Waals surface area contributed by atoms with Gasteiger partial charge in [-0.3, -0.25) is 9.59 Å². The Kier molecular flexibility index (Phi) is 5.86. The topological polar surface area (TPSA) is 80.0 Å². The molecule has 3 aromatic rings. The third-order valence-electron chi connectivity index (χ3n) is 5.71. The van der Waals surface area contributed by atoms with Crippen LogP contribution in [-0.2, 0) is 16.1 Å². The van der Waals surface area contributed by atoms with Crippen molar-refractivity contribution in [3.8, 4) is 5.75 Å². The first-order chi connectivity index (χ1) is 15.4. The summed E-state index contributed by atoms with van der Waals surface area (Å²) in [5, 5.41) is 11.1. The Bertz CT molecular complexity index is 1160. The van der Waals surface area contributed by atoms with Gasteiger partial charge in [-0.15, -0.1) is 0 Å². The molecule has 6 nitrogen and oxygen atoms in total. The van der Waals surface area contributed by atoms with Crippen LogP contribution in [0.5, 0.6) is 5.75 Å². The molecule has 1 N–H and O–H groups in total. The highest BCUT2D eigenvalue weighted by Crippen LogP contribution is 2.41. The molecule has 1 aromatic heterocycles. The van der Waals surface area contributed by atoms with Gasteiger partial charge in [-0.2, -0.15) is 0 Å². The number of carbonyl (C=O) groups excluding carboxylic acids is 2. The first-order valence-electron chi connectivity index (χ1n) is 10.5. The highest BCUT2D eigenvalue weighted by molar-refractivity contribution is 6.46. The molecule has 0 aliphatic carbocycles. The molecule has 1 atom stereocenters. The minimum absolute atomic E-state index is 0.0482. The predicted octanol–water partition coefficient (Wildman–Crippen LogP) is 5.03. The number of furan rings is 1. The van der Waals surface area contributed by atoms with Gasteiger partial charge in [0.05, 0.1) is 31.5 Å². The van der Waals surface area contributed by atoms with Gasteiger partial charge in [0.25, 0.3) is 11.7 Å². The second-order valence-corrected chi connectivity index (χ2v) is 8.06. The smallest absolute Gasteiger partial charge is 0.296 e. The number of ketones is 1. The Morgan fingerprint density at radius 3 is 2.47 bits per heavy atom. The first kappa shape index (κ1) is 21.4. The summed E-state index contributed by atoms with van der Waals surface area (Å²) < 4.78 is 10.7. The van der Waals surface area contributed by atoms with E-state index in [1.807, 2.05) is 24.3 Å². The van der Waals surface area contributed by atoms with Crippen molar-refractivity contribution in [1.82, 2.24) is 4.90 Å². The monoisotopic (exact) mass is 431 g/mol. The largest absolute Gasteiger partial charge is 0.507 e. The number of aliphatic hydroxyl groups is 1. The number of Topliss-reactive ketones (excluding diaryl/α,β-unsaturated/α-hetero) is 1. The number of aliphatic hydroxyl groups excluding tert-OH is 1. The van der Waals surface area contributed by atoms with E-state index in [0.29, 0.717) is 23.0 Å². The molecule has 1 aliphatic heterocycles. The van der Waals surface area contributed by atoms with Gasteiger partial charge in [0, 0.05) is 5.56 Å². The summed E-state index contributed by atoms with van der Waals surface area (Å²) in [7, 11) is 1.53. The van der Waals surface area contributed by atoms with Crippen molar-refractivity contribution in [3.63, 3.8) is 0 Å². The molecule has 1 unspecified atom stereocenters. The molecule has 1 aliphatic rings. The minimum Gasteiger partial charge on any atom is -0.507 e. The van der Waals surface area contributed by atoms with Crippen LogP contribution in [0.25, 0.3) is 5.76 Å². The van der Waals surface area contributed by atoms with Crippen molar-refractivity contribution in [2.45, 2.75) is 32.4 Å². The van der Waals surface area contributed by atoms with Gasteiger partial charge in [0.15, 0.2) is 0 Å². The Balaban J connectivity index is 1.85. The van der Waals surface area contributed by atoms with E-state index >= 15 is 0 Å². The number of nitrogens with zero attached hydrogens (tertiary/aromatic N) is 1. The molecule has 0 saturated carbocycles. The van der Waals surface area contributed by atoms with Gasteiger partial charge < -0.3 is 19.2 Å². The number of amides is 1. The Morgan fingerprint density at radius 2 is 1.84 bits per heavy atom. The molecular formula is C26H25NO5. The number of likely N-dealkylation sites (tertiary alicyclic amines) is 1. The van der Waals surface area contributed by atoms with Crippen molar-refractivity contribution in [1.29, 1.82) is 0 Å². The van der Waals surface area contributed by atoms with E-state index in [1.54, 1.807) is 36.4 Å². The number of methoxy groups -OCH3 is 1. The van der Waals surface area contributed by atoms with Crippen LogP contribution in [0.1, 0.15) is 48.3 Å². The molecule has 1 amide bonds. The first-order valence-corrected chi connectivity index (χ1v) is 10.5. The van der Waals surface area contributed by atoms with Gasteiger partial charge in [0.1, 0.15) is 17.3 Å². The lowest BCUT2D eigenvalue weighted by Crippen LogP contribution is -2.29. The van der Waals surface area contributed by atoms with Crippen LogP contribution in [0.15, 0.2) is 76.9 Å². The fourth-order valence-corrected chi connectivity index (χ4v) is 3.95. The standard InChI is InChI=1S/C26H25NO5/c1-16(2)17-9-11-18(12-10-17)23-22(24(28)19-6-4-7-20(14-19)31-3)25(29)26(30)27(23)15-21-8-5-13-32-21/h4-14,16,23,28H,15H2,1-3H3/b24-22+. The van der Waals surface area contributed by atoms with E-state index in [0.717, 1.165) is 11.1 Å². The Morgan fingerprint density at radius 1 is 1.09 bits per heavy atom. The summed E-state index contributed by atoms with van der Waals surface area (Å²) >= 11 is 0. The number of hydrogen-bond donors (Lipinski definition) is 1. The van der Waals surface area contributed by atoms with Crippen molar-refractivity contribution >= 4 is 17.4 Å². The van der Waals surface area contributed by atoms with Crippen molar-refractivity contribution in [3.05, 3.63) is 95.0 Å². The zero-order valence-corrected chi connectivity index (χ0v) is 18.2. The number of ether oxygens (including phenoxy) is 1. The molecule has 1 saturated heterocycles. The average Bonchev–Trinajstić information content (AvgIpc) is 3.41. The summed E-state index contributed by atoms with van der Waals surface area (Å²) in [5.74, 6) is -0.204. The third-order valence-corrected chi connectivity index (χ3v) is 5.71. The van der Waals surface area contributed by atoms with E-state index in [2.05, 4.69) is 13.8 Å². The van der Waals surface area contributed by atoms with E-state index in [1.165, 1.54) is 18.3 Å². The second kappa shape index (κ2) is 8.75. The average molecular weight is 431 g/mol. The molecule has 6 heteroatoms. The number of hydrogen-bond acceptors (Lipinski definition) is 5. The predicted molar refractivity (Wildman–Crippen MR) is 120 cm³/mol. The number of carbonyl (C=O) groups is 2.